The van der Waals surface area contributed by atoms with Crippen LogP contribution in [-0.4, -0.2) is 43.0 Å². The summed E-state index contributed by atoms with van der Waals surface area (Å²) in [5.41, 5.74) is -0.0841. The van der Waals surface area contributed by atoms with E-state index in [4.69, 9.17) is 4.74 Å². The number of nitrogens with zero attached hydrogens (tertiary/aromatic N) is 1. The topological polar surface area (TPSA) is 140 Å². The second-order valence-electron chi connectivity index (χ2n) is 4.35. The van der Waals surface area contributed by atoms with Gasteiger partial charge in [0.05, 0.1) is 10.5 Å². The molecule has 3 amide bonds. The highest BCUT2D eigenvalue weighted by atomic mass is 16.6. The molecule has 1 aromatic rings. The van der Waals surface area contributed by atoms with Gasteiger partial charge in [-0.2, -0.15) is 0 Å². The van der Waals surface area contributed by atoms with Crippen LogP contribution >= 0.6 is 0 Å². The van der Waals surface area contributed by atoms with Gasteiger partial charge in [-0.3, -0.25) is 20.2 Å². The van der Waals surface area contributed by atoms with Crippen molar-refractivity contribution in [2.75, 3.05) is 19.4 Å². The van der Waals surface area contributed by atoms with E-state index in [2.05, 4.69) is 10.6 Å². The Balaban J connectivity index is 2.92. The zero-order chi connectivity index (χ0) is 17.6. The van der Waals surface area contributed by atoms with Gasteiger partial charge in [0.25, 0.3) is 11.6 Å². The van der Waals surface area contributed by atoms with Gasteiger partial charge in [-0.15, -0.1) is 0 Å². The SMILES string of the molecule is CNC(=O)NC(=O)[C@H](C)OC(=O)c1cc([N+](=O)[O-])ccc1NC. The van der Waals surface area contributed by atoms with E-state index in [1.165, 1.54) is 33.2 Å². The number of benzene rings is 1. The van der Waals surface area contributed by atoms with E-state index in [9.17, 15) is 24.5 Å². The molecule has 0 saturated carbocycles. The second kappa shape index (κ2) is 7.73. The number of non-ortho nitro benzene ring substituents is 1. The summed E-state index contributed by atoms with van der Waals surface area (Å²) in [5, 5.41) is 17.6. The van der Waals surface area contributed by atoms with E-state index in [0.29, 0.717) is 5.69 Å². The first-order chi connectivity index (χ1) is 10.8. The maximum Gasteiger partial charge on any atom is 0.341 e. The van der Waals surface area contributed by atoms with Crippen LogP contribution in [0.5, 0.6) is 0 Å². The third-order valence-electron chi connectivity index (χ3n) is 2.82. The average Bonchev–Trinajstić information content (AvgIpc) is 2.53. The fourth-order valence-electron chi connectivity index (χ4n) is 1.59. The first kappa shape index (κ1) is 17.9. The predicted molar refractivity (Wildman–Crippen MR) is 80.1 cm³/mol. The molecule has 0 bridgehead atoms. The summed E-state index contributed by atoms with van der Waals surface area (Å²) in [6, 6.07) is 2.87. The van der Waals surface area contributed by atoms with Gasteiger partial charge in [-0.25, -0.2) is 9.59 Å². The van der Waals surface area contributed by atoms with Gasteiger partial charge in [-0.1, -0.05) is 0 Å². The van der Waals surface area contributed by atoms with E-state index in [1.54, 1.807) is 0 Å². The lowest BCUT2D eigenvalue weighted by molar-refractivity contribution is -0.384. The number of urea groups is 1. The fraction of sp³-hybridized carbons (Fsp3) is 0.308. The number of hydrogen-bond donors (Lipinski definition) is 3. The highest BCUT2D eigenvalue weighted by Gasteiger charge is 2.23. The van der Waals surface area contributed by atoms with Gasteiger partial charge < -0.3 is 15.4 Å². The molecule has 3 N–H and O–H groups in total. The number of anilines is 1. The number of esters is 1. The smallest absolute Gasteiger partial charge is 0.341 e. The Bertz CT molecular complexity index is 645. The molecule has 0 spiro atoms. The summed E-state index contributed by atoms with van der Waals surface area (Å²) in [6.45, 7) is 1.27. The van der Waals surface area contributed by atoms with Crippen LogP contribution in [0, 0.1) is 10.1 Å². The molecule has 0 heterocycles. The van der Waals surface area contributed by atoms with Gasteiger partial charge in [0.2, 0.25) is 0 Å². The Morgan fingerprint density at radius 3 is 2.43 bits per heavy atom. The lowest BCUT2D eigenvalue weighted by Gasteiger charge is -2.14. The van der Waals surface area contributed by atoms with Gasteiger partial charge >= 0.3 is 12.0 Å². The zero-order valence-electron chi connectivity index (χ0n) is 12.7. The third-order valence-corrected chi connectivity index (χ3v) is 2.82. The quantitative estimate of drug-likeness (QED) is 0.410. The molecule has 0 aliphatic heterocycles. The number of nitro groups is 1. The fourth-order valence-corrected chi connectivity index (χ4v) is 1.59. The van der Waals surface area contributed by atoms with Crippen molar-refractivity contribution in [1.29, 1.82) is 0 Å². The van der Waals surface area contributed by atoms with E-state index < -0.39 is 28.9 Å². The molecule has 0 fully saturated rings. The molecule has 23 heavy (non-hydrogen) atoms. The lowest BCUT2D eigenvalue weighted by atomic mass is 10.1. The number of rotatable bonds is 5. The minimum Gasteiger partial charge on any atom is -0.449 e. The molecule has 10 nitrogen and oxygen atoms in total. The summed E-state index contributed by atoms with van der Waals surface area (Å²) >= 11 is 0. The van der Waals surface area contributed by atoms with Crippen molar-refractivity contribution in [1.82, 2.24) is 10.6 Å². The second-order valence-corrected chi connectivity index (χ2v) is 4.35. The Morgan fingerprint density at radius 2 is 1.91 bits per heavy atom. The van der Waals surface area contributed by atoms with Crippen LogP contribution < -0.4 is 16.0 Å². The van der Waals surface area contributed by atoms with Crippen molar-refractivity contribution in [3.05, 3.63) is 33.9 Å². The molecule has 0 aliphatic rings. The average molecular weight is 324 g/mol. The van der Waals surface area contributed by atoms with Crippen LogP contribution in [0.3, 0.4) is 0 Å². The standard InChI is InChI=1S/C13H16N4O6/c1-7(11(18)16-13(20)15-3)23-12(19)9-6-8(17(21)22)4-5-10(9)14-2/h4-7,14H,1-3H3,(H2,15,16,18,20)/t7-/m0/s1. The molecule has 1 rings (SSSR count). The maximum absolute atomic E-state index is 12.1. The first-order valence-corrected chi connectivity index (χ1v) is 6.50. The van der Waals surface area contributed by atoms with Crippen molar-refractivity contribution in [3.8, 4) is 0 Å². The van der Waals surface area contributed by atoms with Gasteiger partial charge in [0.1, 0.15) is 0 Å². The Morgan fingerprint density at radius 1 is 1.26 bits per heavy atom. The van der Waals surface area contributed by atoms with Crippen LogP contribution in [0.25, 0.3) is 0 Å². The Labute approximate surface area is 131 Å². The van der Waals surface area contributed by atoms with Crippen molar-refractivity contribution >= 4 is 29.3 Å². The molecule has 0 aliphatic carbocycles. The van der Waals surface area contributed by atoms with Crippen LogP contribution in [0.1, 0.15) is 17.3 Å². The van der Waals surface area contributed by atoms with Crippen molar-refractivity contribution in [3.63, 3.8) is 0 Å². The van der Waals surface area contributed by atoms with E-state index in [0.717, 1.165) is 6.07 Å². The molecule has 1 atom stereocenters. The van der Waals surface area contributed by atoms with Gasteiger partial charge in [0, 0.05) is 31.9 Å². The summed E-state index contributed by atoms with van der Waals surface area (Å²) in [4.78, 5) is 44.9. The number of nitro benzene ring substituents is 1. The minimum absolute atomic E-state index is 0.0960. The van der Waals surface area contributed by atoms with E-state index in [1.807, 2.05) is 5.32 Å². The number of carbonyl (C=O) groups is 3. The first-order valence-electron chi connectivity index (χ1n) is 6.50. The highest BCUT2D eigenvalue weighted by molar-refractivity contribution is 6.00. The van der Waals surface area contributed by atoms with Crippen LogP contribution in [-0.2, 0) is 9.53 Å². The Hall–Kier alpha value is -3.17. The van der Waals surface area contributed by atoms with E-state index in [-0.39, 0.29) is 11.3 Å². The van der Waals surface area contributed by atoms with Crippen LogP contribution in [0.15, 0.2) is 18.2 Å². The minimum atomic E-state index is -1.26. The van der Waals surface area contributed by atoms with E-state index >= 15 is 0 Å². The number of amides is 3. The van der Waals surface area contributed by atoms with Crippen LogP contribution in [0.4, 0.5) is 16.2 Å². The summed E-state index contributed by atoms with van der Waals surface area (Å²) in [7, 11) is 2.85. The summed E-state index contributed by atoms with van der Waals surface area (Å²) in [6.07, 6.45) is -1.26. The van der Waals surface area contributed by atoms with Gasteiger partial charge in [0.15, 0.2) is 6.10 Å². The molecule has 0 aromatic heterocycles. The van der Waals surface area contributed by atoms with Crippen molar-refractivity contribution in [2.45, 2.75) is 13.0 Å². The number of carbonyl (C=O) groups excluding carboxylic acids is 3. The molecule has 10 heteroatoms. The number of hydrogen-bond acceptors (Lipinski definition) is 7. The van der Waals surface area contributed by atoms with Crippen LogP contribution in [0.2, 0.25) is 0 Å². The monoisotopic (exact) mass is 324 g/mol. The molecule has 0 unspecified atom stereocenters. The number of ether oxygens (including phenoxy) is 1. The summed E-state index contributed by atoms with van der Waals surface area (Å²) < 4.78 is 4.93. The molecule has 0 saturated heterocycles. The maximum atomic E-state index is 12.1. The molecule has 124 valence electrons. The predicted octanol–water partition coefficient (Wildman–Crippen LogP) is 0.637. The molecule has 0 radical (unpaired) electrons. The number of nitrogens with one attached hydrogen (secondary N) is 3. The molecular formula is C13H16N4O6. The normalized spacial score (nSPS) is 11.1. The van der Waals surface area contributed by atoms with Crippen molar-refractivity contribution in [2.24, 2.45) is 0 Å². The largest absolute Gasteiger partial charge is 0.449 e. The summed E-state index contributed by atoms with van der Waals surface area (Å²) in [5.74, 6) is -1.76. The zero-order valence-corrected chi connectivity index (χ0v) is 12.7. The Kier molecular flexibility index (Phi) is 6.01. The highest BCUT2D eigenvalue weighted by Crippen LogP contribution is 2.23. The van der Waals surface area contributed by atoms with Crippen molar-refractivity contribution < 1.29 is 24.0 Å². The lowest BCUT2D eigenvalue weighted by Crippen LogP contribution is -2.43. The molecular weight excluding hydrogens is 308 g/mol. The number of imide groups is 1. The van der Waals surface area contributed by atoms with Gasteiger partial charge in [-0.05, 0) is 13.0 Å². The molecule has 1 aromatic carbocycles. The third kappa shape index (κ3) is 4.66.